The molecule has 2 aromatic rings. The Bertz CT molecular complexity index is 660. The number of aliphatic hydroxyl groups is 1. The van der Waals surface area contributed by atoms with E-state index < -0.39 is 11.6 Å². The molecule has 1 unspecified atom stereocenters. The first kappa shape index (κ1) is 17.1. The number of nitrogens with one attached hydrogen (secondary N) is 1. The maximum absolute atomic E-state index is 13.8. The van der Waals surface area contributed by atoms with Crippen molar-refractivity contribution >= 4 is 0 Å². The van der Waals surface area contributed by atoms with Gasteiger partial charge in [0.2, 0.25) is 0 Å². The molecule has 0 saturated carbocycles. The van der Waals surface area contributed by atoms with Gasteiger partial charge < -0.3 is 19.6 Å². The number of furan rings is 1. The van der Waals surface area contributed by atoms with Gasteiger partial charge >= 0.3 is 0 Å². The average molecular weight is 337 g/mol. The first-order chi connectivity index (χ1) is 11.6. The van der Waals surface area contributed by atoms with Gasteiger partial charge in [-0.2, -0.15) is 0 Å². The van der Waals surface area contributed by atoms with Crippen molar-refractivity contribution in [3.63, 3.8) is 0 Å². The lowest BCUT2D eigenvalue weighted by atomic mass is 9.84. The lowest BCUT2D eigenvalue weighted by Gasteiger charge is -2.26. The summed E-state index contributed by atoms with van der Waals surface area (Å²) in [7, 11) is 0. The first-order valence-electron chi connectivity index (χ1n) is 8.06. The van der Waals surface area contributed by atoms with Gasteiger partial charge in [0.25, 0.3) is 0 Å². The van der Waals surface area contributed by atoms with Crippen LogP contribution in [0.5, 0.6) is 0 Å². The van der Waals surface area contributed by atoms with Crippen molar-refractivity contribution in [1.29, 1.82) is 0 Å². The molecule has 3 rings (SSSR count). The molecule has 1 aromatic heterocycles. The van der Waals surface area contributed by atoms with Gasteiger partial charge in [-0.15, -0.1) is 0 Å². The van der Waals surface area contributed by atoms with E-state index in [0.29, 0.717) is 38.5 Å². The Kier molecular flexibility index (Phi) is 5.28. The molecule has 1 aliphatic rings. The van der Waals surface area contributed by atoms with E-state index in [1.807, 2.05) is 0 Å². The Hall–Kier alpha value is -1.76. The molecule has 1 atom stereocenters. The Morgan fingerprint density at radius 2 is 1.96 bits per heavy atom. The van der Waals surface area contributed by atoms with Crippen LogP contribution < -0.4 is 5.32 Å². The van der Waals surface area contributed by atoms with Crippen molar-refractivity contribution in [2.24, 2.45) is 5.41 Å². The standard InChI is InChI=1S/C18H21F2NO3/c19-14-2-1-3-15(20)17(14)16-5-4-13(24-16)10-21-11-18(6-8-22)7-9-23-12-18/h1-5,21-22H,6-12H2. The van der Waals surface area contributed by atoms with E-state index in [1.54, 1.807) is 12.1 Å². The van der Waals surface area contributed by atoms with Crippen LogP contribution in [0.2, 0.25) is 0 Å². The maximum atomic E-state index is 13.8. The number of benzene rings is 1. The third-order valence-electron chi connectivity index (χ3n) is 4.50. The molecule has 24 heavy (non-hydrogen) atoms. The van der Waals surface area contributed by atoms with Crippen LogP contribution in [0.3, 0.4) is 0 Å². The van der Waals surface area contributed by atoms with Crippen LogP contribution in [0.1, 0.15) is 18.6 Å². The highest BCUT2D eigenvalue weighted by atomic mass is 19.1. The molecule has 6 heteroatoms. The zero-order chi connectivity index (χ0) is 17.0. The summed E-state index contributed by atoms with van der Waals surface area (Å²) in [6.45, 7) is 2.60. The highest BCUT2D eigenvalue weighted by Crippen LogP contribution is 2.32. The molecular formula is C18H21F2NO3. The Morgan fingerprint density at radius 1 is 1.17 bits per heavy atom. The Labute approximate surface area is 139 Å². The number of hydrogen-bond acceptors (Lipinski definition) is 4. The first-order valence-corrected chi connectivity index (χ1v) is 8.06. The summed E-state index contributed by atoms with van der Waals surface area (Å²) in [6, 6.07) is 7.01. The molecule has 0 radical (unpaired) electrons. The second kappa shape index (κ2) is 7.42. The van der Waals surface area contributed by atoms with Crippen molar-refractivity contribution in [2.75, 3.05) is 26.4 Å². The SMILES string of the molecule is OCCC1(CNCc2ccc(-c3c(F)cccc3F)o2)CCOC1. The molecule has 0 amide bonds. The average Bonchev–Trinajstić information content (AvgIpc) is 3.18. The van der Waals surface area contributed by atoms with E-state index >= 15 is 0 Å². The summed E-state index contributed by atoms with van der Waals surface area (Å²) in [5, 5.41) is 12.5. The van der Waals surface area contributed by atoms with Crippen molar-refractivity contribution in [3.05, 3.63) is 47.7 Å². The third kappa shape index (κ3) is 3.66. The zero-order valence-electron chi connectivity index (χ0n) is 13.4. The lowest BCUT2D eigenvalue weighted by molar-refractivity contribution is 0.124. The van der Waals surface area contributed by atoms with E-state index in [-0.39, 0.29) is 23.3 Å². The van der Waals surface area contributed by atoms with Gasteiger partial charge in [0.1, 0.15) is 23.2 Å². The predicted octanol–water partition coefficient (Wildman–Crippen LogP) is 3.10. The predicted molar refractivity (Wildman–Crippen MR) is 85.3 cm³/mol. The minimum atomic E-state index is -0.645. The topological polar surface area (TPSA) is 54.6 Å². The van der Waals surface area contributed by atoms with E-state index in [0.717, 1.165) is 6.42 Å². The summed E-state index contributed by atoms with van der Waals surface area (Å²) < 4.78 is 38.6. The van der Waals surface area contributed by atoms with Crippen molar-refractivity contribution < 1.29 is 23.0 Å². The van der Waals surface area contributed by atoms with E-state index in [1.165, 1.54) is 18.2 Å². The fourth-order valence-electron chi connectivity index (χ4n) is 3.10. The fourth-order valence-corrected chi connectivity index (χ4v) is 3.10. The normalized spacial score (nSPS) is 20.6. The zero-order valence-corrected chi connectivity index (χ0v) is 13.4. The van der Waals surface area contributed by atoms with Gasteiger partial charge in [0, 0.05) is 25.2 Å². The molecule has 2 N–H and O–H groups in total. The molecule has 1 aliphatic heterocycles. The molecule has 0 aliphatic carbocycles. The minimum Gasteiger partial charge on any atom is -0.460 e. The van der Waals surface area contributed by atoms with Crippen LogP contribution in [0.15, 0.2) is 34.7 Å². The second-order valence-corrected chi connectivity index (χ2v) is 6.24. The molecular weight excluding hydrogens is 316 g/mol. The number of halogens is 2. The van der Waals surface area contributed by atoms with Crippen molar-refractivity contribution in [3.8, 4) is 11.3 Å². The molecule has 1 fully saturated rings. The van der Waals surface area contributed by atoms with Gasteiger partial charge in [-0.1, -0.05) is 6.07 Å². The molecule has 4 nitrogen and oxygen atoms in total. The Balaban J connectivity index is 1.62. The fraction of sp³-hybridized carbons (Fsp3) is 0.444. The molecule has 1 saturated heterocycles. The molecule has 1 aromatic carbocycles. The number of rotatable bonds is 7. The van der Waals surface area contributed by atoms with Gasteiger partial charge in [0.05, 0.1) is 18.7 Å². The van der Waals surface area contributed by atoms with Crippen LogP contribution in [0.25, 0.3) is 11.3 Å². The van der Waals surface area contributed by atoms with Crippen LogP contribution >= 0.6 is 0 Å². The molecule has 2 heterocycles. The van der Waals surface area contributed by atoms with Gasteiger partial charge in [0.15, 0.2) is 0 Å². The summed E-state index contributed by atoms with van der Waals surface area (Å²) >= 11 is 0. The van der Waals surface area contributed by atoms with Gasteiger partial charge in [-0.25, -0.2) is 8.78 Å². The number of aliphatic hydroxyl groups excluding tert-OH is 1. The highest BCUT2D eigenvalue weighted by Gasteiger charge is 2.33. The summed E-state index contributed by atoms with van der Waals surface area (Å²) in [4.78, 5) is 0. The van der Waals surface area contributed by atoms with E-state index in [2.05, 4.69) is 5.32 Å². The van der Waals surface area contributed by atoms with E-state index in [4.69, 9.17) is 9.15 Å². The number of ether oxygens (including phenoxy) is 1. The van der Waals surface area contributed by atoms with Crippen LogP contribution in [0.4, 0.5) is 8.78 Å². The molecule has 0 bridgehead atoms. The lowest BCUT2D eigenvalue weighted by Crippen LogP contribution is -2.35. The monoisotopic (exact) mass is 337 g/mol. The second-order valence-electron chi connectivity index (χ2n) is 6.24. The number of hydrogen-bond donors (Lipinski definition) is 2. The Morgan fingerprint density at radius 3 is 2.62 bits per heavy atom. The summed E-state index contributed by atoms with van der Waals surface area (Å²) in [5.74, 6) is -0.509. The van der Waals surface area contributed by atoms with Crippen LogP contribution in [-0.4, -0.2) is 31.5 Å². The van der Waals surface area contributed by atoms with Crippen molar-refractivity contribution in [1.82, 2.24) is 5.32 Å². The van der Waals surface area contributed by atoms with Crippen molar-refractivity contribution in [2.45, 2.75) is 19.4 Å². The van der Waals surface area contributed by atoms with Gasteiger partial charge in [-0.3, -0.25) is 0 Å². The third-order valence-corrected chi connectivity index (χ3v) is 4.50. The maximum Gasteiger partial charge on any atom is 0.140 e. The minimum absolute atomic E-state index is 0.0538. The smallest absolute Gasteiger partial charge is 0.140 e. The van der Waals surface area contributed by atoms with Gasteiger partial charge in [-0.05, 0) is 37.1 Å². The van der Waals surface area contributed by atoms with Crippen LogP contribution in [0, 0.1) is 17.0 Å². The quantitative estimate of drug-likeness (QED) is 0.815. The van der Waals surface area contributed by atoms with Crippen LogP contribution in [-0.2, 0) is 11.3 Å². The highest BCUT2D eigenvalue weighted by molar-refractivity contribution is 5.59. The summed E-state index contributed by atoms with van der Waals surface area (Å²) in [6.07, 6.45) is 1.59. The summed E-state index contributed by atoms with van der Waals surface area (Å²) in [5.41, 5.74) is -0.202. The largest absolute Gasteiger partial charge is 0.460 e. The molecule has 130 valence electrons. The van der Waals surface area contributed by atoms with E-state index in [9.17, 15) is 13.9 Å². The molecule has 0 spiro atoms.